The Hall–Kier alpha value is -1.52. The Morgan fingerprint density at radius 2 is 2.12 bits per heavy atom. The predicted octanol–water partition coefficient (Wildman–Crippen LogP) is 3.52. The summed E-state index contributed by atoms with van der Waals surface area (Å²) in [5.41, 5.74) is 1.24. The summed E-state index contributed by atoms with van der Waals surface area (Å²) in [5.74, 6) is 1.25. The molecule has 0 radical (unpaired) electrons. The maximum absolute atomic E-state index is 5.86. The highest BCUT2D eigenvalue weighted by molar-refractivity contribution is 6.41. The average molecular weight is 254 g/mol. The fourth-order valence-electron chi connectivity index (χ4n) is 1.43. The van der Waals surface area contributed by atoms with Crippen LogP contribution in [-0.4, -0.2) is 15.0 Å². The summed E-state index contributed by atoms with van der Waals surface area (Å²) in [6, 6.07) is 5.28. The largest absolute Gasteiger partial charge is 0.461 e. The highest BCUT2D eigenvalue weighted by Crippen LogP contribution is 2.25. The number of nitrogens with zero attached hydrogens (tertiary/aromatic N) is 2. The molecule has 3 heterocycles. The number of nitrogens with one attached hydrogen (secondary N) is 1. The topological polar surface area (TPSA) is 54.7 Å². The van der Waals surface area contributed by atoms with Gasteiger partial charge < -0.3 is 9.40 Å². The number of H-pyrrole nitrogens is 1. The minimum absolute atomic E-state index is 0.242. The van der Waals surface area contributed by atoms with Crippen molar-refractivity contribution in [1.82, 2.24) is 15.0 Å². The lowest BCUT2D eigenvalue weighted by Gasteiger charge is -1.92. The molecule has 0 saturated heterocycles. The number of furan rings is 1. The first-order chi connectivity index (χ1) is 7.74. The zero-order valence-electron chi connectivity index (χ0n) is 7.87. The third-order valence-electron chi connectivity index (χ3n) is 2.14. The zero-order chi connectivity index (χ0) is 11.1. The molecule has 1 N–H and O–H groups in total. The monoisotopic (exact) mass is 253 g/mol. The number of imidazole rings is 1. The van der Waals surface area contributed by atoms with E-state index in [2.05, 4.69) is 15.0 Å². The van der Waals surface area contributed by atoms with Crippen LogP contribution in [0.1, 0.15) is 0 Å². The number of pyridine rings is 1. The third-order valence-corrected chi connectivity index (χ3v) is 2.81. The summed E-state index contributed by atoms with van der Waals surface area (Å²) in [6.45, 7) is 0. The van der Waals surface area contributed by atoms with Crippen molar-refractivity contribution < 1.29 is 4.42 Å². The molecule has 0 unspecified atom stereocenters. The molecule has 3 aromatic heterocycles. The smallest absolute Gasteiger partial charge is 0.179 e. The van der Waals surface area contributed by atoms with Crippen LogP contribution in [0.25, 0.3) is 22.7 Å². The number of aromatic amines is 1. The molecule has 0 atom stereocenters. The van der Waals surface area contributed by atoms with E-state index in [0.29, 0.717) is 22.3 Å². The highest BCUT2D eigenvalue weighted by Gasteiger charge is 2.10. The lowest BCUT2D eigenvalue weighted by atomic mass is 10.4. The van der Waals surface area contributed by atoms with Gasteiger partial charge in [-0.3, -0.25) is 0 Å². The van der Waals surface area contributed by atoms with Gasteiger partial charge in [-0.2, -0.15) is 0 Å². The number of halogens is 2. The number of fused-ring (bicyclic) bond motifs is 1. The number of rotatable bonds is 1. The molecule has 0 aromatic carbocycles. The molecule has 0 aliphatic heterocycles. The molecule has 3 aromatic rings. The Morgan fingerprint density at radius 1 is 1.25 bits per heavy atom. The molecule has 0 fully saturated rings. The minimum Gasteiger partial charge on any atom is -0.461 e. The van der Waals surface area contributed by atoms with E-state index in [9.17, 15) is 0 Å². The summed E-state index contributed by atoms with van der Waals surface area (Å²) >= 11 is 11.7. The van der Waals surface area contributed by atoms with Gasteiger partial charge >= 0.3 is 0 Å². The van der Waals surface area contributed by atoms with Crippen LogP contribution in [-0.2, 0) is 0 Å². The zero-order valence-corrected chi connectivity index (χ0v) is 9.38. The molecule has 0 spiro atoms. The van der Waals surface area contributed by atoms with Gasteiger partial charge in [0.1, 0.15) is 5.15 Å². The summed E-state index contributed by atoms with van der Waals surface area (Å²) in [7, 11) is 0. The van der Waals surface area contributed by atoms with Crippen LogP contribution in [0.4, 0.5) is 0 Å². The van der Waals surface area contributed by atoms with E-state index in [0.717, 1.165) is 5.52 Å². The highest BCUT2D eigenvalue weighted by atomic mass is 35.5. The Bertz CT molecular complexity index is 606. The number of aromatic nitrogens is 3. The molecule has 4 nitrogen and oxygen atoms in total. The molecule has 6 heteroatoms. The quantitative estimate of drug-likeness (QED) is 0.676. The van der Waals surface area contributed by atoms with Crippen LogP contribution < -0.4 is 0 Å². The van der Waals surface area contributed by atoms with Crippen molar-refractivity contribution in [3.05, 3.63) is 34.6 Å². The molecule has 16 heavy (non-hydrogen) atoms. The van der Waals surface area contributed by atoms with Crippen LogP contribution in [0.2, 0.25) is 10.2 Å². The lowest BCUT2D eigenvalue weighted by molar-refractivity contribution is 0.578. The van der Waals surface area contributed by atoms with Crippen molar-refractivity contribution in [2.45, 2.75) is 0 Å². The van der Waals surface area contributed by atoms with Crippen LogP contribution >= 0.6 is 23.2 Å². The summed E-state index contributed by atoms with van der Waals surface area (Å²) in [6.07, 6.45) is 1.58. The fraction of sp³-hybridized carbons (Fsp3) is 0. The van der Waals surface area contributed by atoms with E-state index in [1.54, 1.807) is 24.5 Å². The van der Waals surface area contributed by atoms with E-state index < -0.39 is 0 Å². The molecule has 80 valence electrons. The number of hydrogen-bond donors (Lipinski definition) is 1. The van der Waals surface area contributed by atoms with Crippen molar-refractivity contribution in [2.75, 3.05) is 0 Å². The Kier molecular flexibility index (Phi) is 2.12. The summed E-state index contributed by atoms with van der Waals surface area (Å²) in [5, 5.41) is 0.635. The molecular weight excluding hydrogens is 249 g/mol. The van der Waals surface area contributed by atoms with Gasteiger partial charge in [0.2, 0.25) is 0 Å². The Balaban J connectivity index is 2.23. The Labute approximate surface area is 100 Å². The molecule has 0 bridgehead atoms. The predicted molar refractivity (Wildman–Crippen MR) is 61.6 cm³/mol. The molecule has 3 rings (SSSR count). The summed E-state index contributed by atoms with van der Waals surface area (Å²) in [4.78, 5) is 11.4. The van der Waals surface area contributed by atoms with Crippen LogP contribution in [0.3, 0.4) is 0 Å². The Morgan fingerprint density at radius 3 is 2.88 bits per heavy atom. The van der Waals surface area contributed by atoms with Gasteiger partial charge in [0.05, 0.1) is 16.8 Å². The maximum Gasteiger partial charge on any atom is 0.179 e. The van der Waals surface area contributed by atoms with Crippen molar-refractivity contribution in [1.29, 1.82) is 0 Å². The molecule has 0 aliphatic rings. The van der Waals surface area contributed by atoms with E-state index in [4.69, 9.17) is 27.6 Å². The SMILES string of the molecule is Clc1cc2[nH]c(-c3ccco3)nc2nc1Cl. The third kappa shape index (κ3) is 1.47. The van der Waals surface area contributed by atoms with Crippen LogP contribution in [0.15, 0.2) is 28.9 Å². The average Bonchev–Trinajstić information content (AvgIpc) is 2.86. The molecule has 0 aliphatic carbocycles. The lowest BCUT2D eigenvalue weighted by Crippen LogP contribution is -1.79. The standard InChI is InChI=1S/C10H5Cl2N3O/c11-5-4-6-9(14-8(5)12)15-10(13-6)7-2-1-3-16-7/h1-4H,(H,13,14,15). The van der Waals surface area contributed by atoms with Gasteiger partial charge in [-0.05, 0) is 18.2 Å². The van der Waals surface area contributed by atoms with Gasteiger partial charge in [-0.25, -0.2) is 9.97 Å². The molecular formula is C10H5Cl2N3O. The van der Waals surface area contributed by atoms with Crippen molar-refractivity contribution >= 4 is 34.4 Å². The second-order valence-electron chi connectivity index (χ2n) is 3.19. The first-order valence-corrected chi connectivity index (χ1v) is 5.25. The van der Waals surface area contributed by atoms with Gasteiger partial charge in [0.25, 0.3) is 0 Å². The second-order valence-corrected chi connectivity index (χ2v) is 3.96. The van der Waals surface area contributed by atoms with Gasteiger partial charge in [0.15, 0.2) is 17.2 Å². The first kappa shape index (κ1) is 9.69. The van der Waals surface area contributed by atoms with Gasteiger partial charge in [-0.15, -0.1) is 0 Å². The van der Waals surface area contributed by atoms with E-state index in [1.165, 1.54) is 0 Å². The van der Waals surface area contributed by atoms with Crippen molar-refractivity contribution in [3.8, 4) is 11.6 Å². The minimum atomic E-state index is 0.242. The van der Waals surface area contributed by atoms with Crippen molar-refractivity contribution in [3.63, 3.8) is 0 Å². The van der Waals surface area contributed by atoms with Crippen LogP contribution in [0, 0.1) is 0 Å². The van der Waals surface area contributed by atoms with Gasteiger partial charge in [0, 0.05) is 0 Å². The van der Waals surface area contributed by atoms with Crippen molar-refractivity contribution in [2.24, 2.45) is 0 Å². The second kappa shape index (κ2) is 3.50. The van der Waals surface area contributed by atoms with Gasteiger partial charge in [-0.1, -0.05) is 23.2 Å². The summed E-state index contributed by atoms with van der Waals surface area (Å²) < 4.78 is 5.22. The molecule has 0 amide bonds. The maximum atomic E-state index is 5.86. The van der Waals surface area contributed by atoms with E-state index in [-0.39, 0.29) is 5.15 Å². The normalized spacial score (nSPS) is 11.1. The number of hydrogen-bond acceptors (Lipinski definition) is 3. The van der Waals surface area contributed by atoms with E-state index in [1.807, 2.05) is 0 Å². The first-order valence-electron chi connectivity index (χ1n) is 4.49. The van der Waals surface area contributed by atoms with Crippen LogP contribution in [0.5, 0.6) is 0 Å². The fourth-order valence-corrected chi connectivity index (χ4v) is 1.71. The van der Waals surface area contributed by atoms with E-state index >= 15 is 0 Å². The molecule has 0 saturated carbocycles.